The van der Waals surface area contributed by atoms with Crippen molar-refractivity contribution < 1.29 is 13.6 Å². The van der Waals surface area contributed by atoms with Crippen LogP contribution in [0.2, 0.25) is 0 Å². The van der Waals surface area contributed by atoms with E-state index in [1.807, 2.05) is 19.0 Å². The van der Waals surface area contributed by atoms with Crippen LogP contribution in [-0.2, 0) is 13.5 Å². The Bertz CT molecular complexity index is 1410. The number of benzene rings is 1. The number of anilines is 2. The molecule has 0 fully saturated rings. The van der Waals surface area contributed by atoms with Gasteiger partial charge in [0.05, 0.1) is 6.20 Å². The van der Waals surface area contributed by atoms with Crippen molar-refractivity contribution in [3.05, 3.63) is 76.4 Å². The first-order valence-electron chi connectivity index (χ1n) is 10.5. The molecule has 4 rings (SSSR count). The number of ketones is 1. The van der Waals surface area contributed by atoms with Gasteiger partial charge in [0.1, 0.15) is 23.5 Å². The van der Waals surface area contributed by atoms with E-state index >= 15 is 0 Å². The minimum atomic E-state index is -0.386. The van der Waals surface area contributed by atoms with Crippen LogP contribution in [0.3, 0.4) is 0 Å². The Morgan fingerprint density at radius 1 is 1.18 bits per heavy atom. The van der Waals surface area contributed by atoms with Gasteiger partial charge in [-0.25, -0.2) is 19.3 Å². The predicted molar refractivity (Wildman–Crippen MR) is 126 cm³/mol. The number of rotatable bonds is 7. The number of nitrogens with zero attached hydrogens (tertiary/aromatic N) is 5. The SMILES string of the molecule is CN(C)c1ccc(F)c(CCC(=O)c2nc(-c3ccc(=O)n(C)c3)c(-c3ncco3)nc2N)c1. The van der Waals surface area contributed by atoms with Gasteiger partial charge in [-0.3, -0.25) is 9.59 Å². The van der Waals surface area contributed by atoms with Gasteiger partial charge in [0, 0.05) is 51.1 Å². The van der Waals surface area contributed by atoms with Crippen LogP contribution in [0.5, 0.6) is 0 Å². The van der Waals surface area contributed by atoms with Crippen LogP contribution in [-0.4, -0.2) is 39.4 Å². The zero-order chi connectivity index (χ0) is 24.4. The van der Waals surface area contributed by atoms with Gasteiger partial charge in [0.15, 0.2) is 17.3 Å². The van der Waals surface area contributed by atoms with E-state index in [1.165, 1.54) is 29.2 Å². The fourth-order valence-corrected chi connectivity index (χ4v) is 3.48. The molecule has 0 bridgehead atoms. The van der Waals surface area contributed by atoms with Crippen molar-refractivity contribution in [2.45, 2.75) is 12.8 Å². The maximum Gasteiger partial charge on any atom is 0.250 e. The van der Waals surface area contributed by atoms with Crippen molar-refractivity contribution in [3.63, 3.8) is 0 Å². The molecule has 3 heterocycles. The van der Waals surface area contributed by atoms with Gasteiger partial charge in [-0.15, -0.1) is 0 Å². The van der Waals surface area contributed by atoms with E-state index < -0.39 is 0 Å². The first kappa shape index (κ1) is 22.8. The maximum absolute atomic E-state index is 14.3. The average molecular weight is 462 g/mol. The van der Waals surface area contributed by atoms with E-state index in [4.69, 9.17) is 10.2 Å². The number of pyridine rings is 1. The summed E-state index contributed by atoms with van der Waals surface area (Å²) in [5.74, 6) is -0.689. The van der Waals surface area contributed by atoms with Crippen molar-refractivity contribution in [1.29, 1.82) is 0 Å². The molecule has 9 nitrogen and oxygen atoms in total. The molecular formula is C24H23FN6O3. The monoisotopic (exact) mass is 462 g/mol. The highest BCUT2D eigenvalue weighted by Gasteiger charge is 2.22. The molecule has 0 amide bonds. The molecule has 0 aliphatic heterocycles. The number of hydrogen-bond donors (Lipinski definition) is 1. The summed E-state index contributed by atoms with van der Waals surface area (Å²) in [5.41, 5.74) is 8.15. The van der Waals surface area contributed by atoms with Crippen LogP contribution in [0.15, 0.2) is 58.2 Å². The lowest BCUT2D eigenvalue weighted by Crippen LogP contribution is -2.15. The summed E-state index contributed by atoms with van der Waals surface area (Å²) in [6, 6.07) is 7.72. The minimum absolute atomic E-state index is 0.0161. The van der Waals surface area contributed by atoms with Gasteiger partial charge in [-0.1, -0.05) is 0 Å². The van der Waals surface area contributed by atoms with E-state index in [0.717, 1.165) is 5.69 Å². The Morgan fingerprint density at radius 3 is 2.65 bits per heavy atom. The number of oxazole rings is 1. The van der Waals surface area contributed by atoms with E-state index in [9.17, 15) is 14.0 Å². The highest BCUT2D eigenvalue weighted by Crippen LogP contribution is 2.30. The number of halogens is 1. The molecule has 0 unspecified atom stereocenters. The molecule has 0 aliphatic rings. The third kappa shape index (κ3) is 4.56. The normalized spacial score (nSPS) is 10.9. The highest BCUT2D eigenvalue weighted by molar-refractivity contribution is 5.99. The lowest BCUT2D eigenvalue weighted by Gasteiger charge is -2.14. The van der Waals surface area contributed by atoms with Gasteiger partial charge in [0.2, 0.25) is 11.4 Å². The van der Waals surface area contributed by atoms with E-state index in [1.54, 1.807) is 31.4 Å². The summed E-state index contributed by atoms with van der Waals surface area (Å²) in [6.07, 6.45) is 4.56. The molecule has 0 spiro atoms. The second kappa shape index (κ2) is 9.26. The van der Waals surface area contributed by atoms with Gasteiger partial charge in [-0.2, -0.15) is 0 Å². The zero-order valence-corrected chi connectivity index (χ0v) is 18.9. The lowest BCUT2D eigenvalue weighted by molar-refractivity contribution is 0.0978. The number of hydrogen-bond acceptors (Lipinski definition) is 8. The molecule has 0 saturated carbocycles. The van der Waals surface area contributed by atoms with Crippen LogP contribution in [0.25, 0.3) is 22.8 Å². The van der Waals surface area contributed by atoms with E-state index in [0.29, 0.717) is 11.1 Å². The Labute approximate surface area is 194 Å². The third-order valence-corrected chi connectivity index (χ3v) is 5.35. The summed E-state index contributed by atoms with van der Waals surface area (Å²) < 4.78 is 21.1. The molecule has 0 aliphatic carbocycles. The van der Waals surface area contributed by atoms with Gasteiger partial charge in [0.25, 0.3) is 0 Å². The Kier molecular flexibility index (Phi) is 6.22. The molecule has 2 N–H and O–H groups in total. The number of carbonyl (C=O) groups is 1. The molecular weight excluding hydrogens is 439 g/mol. The van der Waals surface area contributed by atoms with E-state index in [2.05, 4.69) is 15.0 Å². The zero-order valence-electron chi connectivity index (χ0n) is 18.9. The van der Waals surface area contributed by atoms with Gasteiger partial charge in [-0.05, 0) is 36.2 Å². The minimum Gasteiger partial charge on any atom is -0.443 e. The van der Waals surface area contributed by atoms with Gasteiger partial charge >= 0.3 is 0 Å². The summed E-state index contributed by atoms with van der Waals surface area (Å²) in [5, 5.41) is 0. The Balaban J connectivity index is 1.71. The second-order valence-electron chi connectivity index (χ2n) is 7.95. The molecule has 0 saturated heterocycles. The molecule has 3 aromatic heterocycles. The van der Waals surface area contributed by atoms with Crippen molar-refractivity contribution >= 4 is 17.3 Å². The van der Waals surface area contributed by atoms with Gasteiger partial charge < -0.3 is 19.6 Å². The number of aromatic nitrogens is 4. The smallest absolute Gasteiger partial charge is 0.250 e. The summed E-state index contributed by atoms with van der Waals surface area (Å²) in [4.78, 5) is 39.7. The number of nitrogens with two attached hydrogens (primary N) is 1. The van der Waals surface area contributed by atoms with Crippen LogP contribution >= 0.6 is 0 Å². The highest BCUT2D eigenvalue weighted by atomic mass is 19.1. The van der Waals surface area contributed by atoms with Crippen molar-refractivity contribution in [1.82, 2.24) is 19.5 Å². The summed E-state index contributed by atoms with van der Waals surface area (Å²) in [6.45, 7) is 0. The lowest BCUT2D eigenvalue weighted by atomic mass is 10.0. The quantitative estimate of drug-likeness (QED) is 0.416. The van der Waals surface area contributed by atoms with Crippen molar-refractivity contribution in [2.24, 2.45) is 7.05 Å². The largest absolute Gasteiger partial charge is 0.443 e. The summed E-state index contributed by atoms with van der Waals surface area (Å²) >= 11 is 0. The molecule has 34 heavy (non-hydrogen) atoms. The van der Waals surface area contributed by atoms with Crippen LogP contribution in [0, 0.1) is 5.82 Å². The fourth-order valence-electron chi connectivity index (χ4n) is 3.48. The third-order valence-electron chi connectivity index (χ3n) is 5.35. The Morgan fingerprint density at radius 2 is 1.97 bits per heavy atom. The molecule has 174 valence electrons. The standard InChI is InChI=1S/C24H23FN6O3/c1-30(2)16-6-7-17(25)14(12-16)4-8-18(32)21-23(26)29-22(24-27-10-11-34-24)20(28-21)15-5-9-19(33)31(3)13-15/h5-7,9-13H,4,8H2,1-3H3,(H2,26,29). The van der Waals surface area contributed by atoms with Crippen molar-refractivity contribution in [3.8, 4) is 22.8 Å². The second-order valence-corrected chi connectivity index (χ2v) is 7.95. The Hall–Kier alpha value is -4.34. The van der Waals surface area contributed by atoms with E-state index in [-0.39, 0.29) is 58.8 Å². The molecule has 0 atom stereocenters. The first-order chi connectivity index (χ1) is 16.2. The number of Topliss-reactive ketones (excluding diaryl/α,β-unsaturated/α-hetero) is 1. The van der Waals surface area contributed by atoms with Crippen molar-refractivity contribution in [2.75, 3.05) is 24.7 Å². The topological polar surface area (TPSA) is 120 Å². The van der Waals surface area contributed by atoms with Crippen LogP contribution < -0.4 is 16.2 Å². The van der Waals surface area contributed by atoms with Crippen LogP contribution in [0.1, 0.15) is 22.5 Å². The number of carbonyl (C=O) groups excluding carboxylic acids is 1. The molecule has 4 aromatic rings. The molecule has 10 heteroatoms. The van der Waals surface area contributed by atoms with Crippen LogP contribution in [0.4, 0.5) is 15.9 Å². The molecule has 0 radical (unpaired) electrons. The average Bonchev–Trinajstić information content (AvgIpc) is 3.34. The molecule has 1 aromatic carbocycles. The number of aryl methyl sites for hydroxylation is 2. The fraction of sp³-hybridized carbons (Fsp3) is 0.208. The maximum atomic E-state index is 14.3. The summed E-state index contributed by atoms with van der Waals surface area (Å²) in [7, 11) is 5.31. The first-order valence-corrected chi connectivity index (χ1v) is 10.5. The number of nitrogen functional groups attached to an aromatic ring is 1. The predicted octanol–water partition coefficient (Wildman–Crippen LogP) is 3.10.